The molecule has 0 bridgehead atoms. The topological polar surface area (TPSA) is 89.0 Å². The number of hydrogen-bond acceptors (Lipinski definition) is 5. The summed E-state index contributed by atoms with van der Waals surface area (Å²) >= 11 is 1.30. The van der Waals surface area contributed by atoms with Crippen LogP contribution in [0.5, 0.6) is 0 Å². The van der Waals surface area contributed by atoms with E-state index < -0.39 is 0 Å². The van der Waals surface area contributed by atoms with Gasteiger partial charge in [-0.25, -0.2) is 9.89 Å². The number of aromatic nitrogens is 3. The fourth-order valence-electron chi connectivity index (χ4n) is 3.48. The van der Waals surface area contributed by atoms with Crippen LogP contribution in [-0.4, -0.2) is 45.2 Å². The van der Waals surface area contributed by atoms with Crippen molar-refractivity contribution in [3.63, 3.8) is 0 Å². The summed E-state index contributed by atoms with van der Waals surface area (Å²) in [6, 6.07) is 0.278. The minimum absolute atomic E-state index is 0.0119. The van der Waals surface area contributed by atoms with Gasteiger partial charge in [-0.05, 0) is 31.6 Å². The third-order valence-electron chi connectivity index (χ3n) is 4.92. The number of ether oxygens (including phenoxy) is 1. The van der Waals surface area contributed by atoms with E-state index in [1.165, 1.54) is 31.0 Å². The second-order valence-electron chi connectivity index (χ2n) is 6.78. The van der Waals surface area contributed by atoms with Gasteiger partial charge >= 0.3 is 5.69 Å². The molecule has 0 unspecified atom stereocenters. The van der Waals surface area contributed by atoms with Gasteiger partial charge in [0.25, 0.3) is 0 Å². The van der Waals surface area contributed by atoms with Crippen molar-refractivity contribution in [3.8, 4) is 0 Å². The van der Waals surface area contributed by atoms with E-state index in [-0.39, 0.29) is 29.5 Å². The first-order valence-electron chi connectivity index (χ1n) is 8.82. The van der Waals surface area contributed by atoms with Gasteiger partial charge in [0.2, 0.25) is 5.91 Å². The maximum Gasteiger partial charge on any atom is 0.344 e. The van der Waals surface area contributed by atoms with Crippen molar-refractivity contribution in [2.24, 2.45) is 5.92 Å². The predicted molar refractivity (Wildman–Crippen MR) is 92.1 cm³/mol. The molecular weight excluding hydrogens is 328 g/mol. The zero-order valence-electron chi connectivity index (χ0n) is 14.1. The van der Waals surface area contributed by atoms with E-state index in [1.54, 1.807) is 4.57 Å². The molecule has 2 aliphatic rings. The summed E-state index contributed by atoms with van der Waals surface area (Å²) in [5.41, 5.74) is -0.241. The minimum atomic E-state index is -0.241. The van der Waals surface area contributed by atoms with Crippen LogP contribution in [0.1, 0.15) is 45.4 Å². The summed E-state index contributed by atoms with van der Waals surface area (Å²) in [7, 11) is 0. The van der Waals surface area contributed by atoms with E-state index in [0.29, 0.717) is 17.6 Å². The third kappa shape index (κ3) is 4.42. The second kappa shape index (κ2) is 8.20. The molecule has 1 amide bonds. The molecule has 8 heteroatoms. The minimum Gasteiger partial charge on any atom is -0.376 e. The molecule has 24 heavy (non-hydrogen) atoms. The Kier molecular flexibility index (Phi) is 5.99. The predicted octanol–water partition coefficient (Wildman–Crippen LogP) is 1.54. The van der Waals surface area contributed by atoms with Crippen LogP contribution < -0.4 is 11.0 Å². The van der Waals surface area contributed by atoms with Crippen molar-refractivity contribution < 1.29 is 9.53 Å². The molecule has 1 saturated carbocycles. The molecular formula is C16H26N4O3S. The Hall–Kier alpha value is -1.28. The van der Waals surface area contributed by atoms with Crippen LogP contribution in [0.15, 0.2) is 9.95 Å². The summed E-state index contributed by atoms with van der Waals surface area (Å²) < 4.78 is 7.16. The van der Waals surface area contributed by atoms with Crippen molar-refractivity contribution >= 4 is 17.7 Å². The monoisotopic (exact) mass is 354 g/mol. The molecule has 1 aromatic rings. The first kappa shape index (κ1) is 17.5. The number of nitrogens with one attached hydrogen (secondary N) is 2. The molecule has 1 aromatic heterocycles. The maximum atomic E-state index is 12.2. The molecule has 134 valence electrons. The number of carbonyl (C=O) groups is 1. The van der Waals surface area contributed by atoms with Crippen molar-refractivity contribution in [2.45, 2.75) is 69.3 Å². The van der Waals surface area contributed by atoms with Gasteiger partial charge in [0.05, 0.1) is 18.4 Å². The van der Waals surface area contributed by atoms with Crippen molar-refractivity contribution in [2.75, 3.05) is 12.4 Å². The van der Waals surface area contributed by atoms with Crippen LogP contribution in [0.4, 0.5) is 0 Å². The molecule has 0 radical (unpaired) electrons. The Labute approximate surface area is 145 Å². The lowest BCUT2D eigenvalue weighted by atomic mass is 9.86. The lowest BCUT2D eigenvalue weighted by Crippen LogP contribution is -2.41. The first-order chi connectivity index (χ1) is 11.6. The van der Waals surface area contributed by atoms with Gasteiger partial charge in [0.15, 0.2) is 5.16 Å². The van der Waals surface area contributed by atoms with Crippen LogP contribution in [0.25, 0.3) is 0 Å². The van der Waals surface area contributed by atoms with Gasteiger partial charge in [0.1, 0.15) is 0 Å². The zero-order valence-corrected chi connectivity index (χ0v) is 14.9. The largest absolute Gasteiger partial charge is 0.376 e. The average Bonchev–Trinajstić information content (AvgIpc) is 3.19. The fourth-order valence-corrected chi connectivity index (χ4v) is 4.24. The van der Waals surface area contributed by atoms with E-state index in [9.17, 15) is 9.59 Å². The number of aromatic amines is 1. The third-order valence-corrected chi connectivity index (χ3v) is 5.90. The highest BCUT2D eigenvalue weighted by Gasteiger charge is 2.24. The molecule has 0 aromatic carbocycles. The number of nitrogens with zero attached hydrogens (tertiary/aromatic N) is 2. The molecule has 1 saturated heterocycles. The Morgan fingerprint density at radius 3 is 2.96 bits per heavy atom. The molecule has 3 atom stereocenters. The van der Waals surface area contributed by atoms with Crippen LogP contribution in [0.3, 0.4) is 0 Å². The smallest absolute Gasteiger partial charge is 0.344 e. The van der Waals surface area contributed by atoms with E-state index in [1.807, 2.05) is 0 Å². The lowest BCUT2D eigenvalue weighted by molar-refractivity contribution is -0.119. The molecule has 1 aliphatic carbocycles. The van der Waals surface area contributed by atoms with Gasteiger partial charge in [-0.15, -0.1) is 5.10 Å². The first-order valence-corrected chi connectivity index (χ1v) is 9.81. The molecule has 1 aliphatic heterocycles. The van der Waals surface area contributed by atoms with Crippen LogP contribution >= 0.6 is 11.8 Å². The number of H-pyrrole nitrogens is 1. The normalized spacial score (nSPS) is 27.3. The van der Waals surface area contributed by atoms with Gasteiger partial charge in [-0.1, -0.05) is 31.5 Å². The highest BCUT2D eigenvalue weighted by molar-refractivity contribution is 7.99. The van der Waals surface area contributed by atoms with Crippen molar-refractivity contribution in [1.82, 2.24) is 20.1 Å². The van der Waals surface area contributed by atoms with Crippen molar-refractivity contribution in [1.29, 1.82) is 0 Å². The van der Waals surface area contributed by atoms with Gasteiger partial charge in [0, 0.05) is 12.6 Å². The molecule has 3 rings (SSSR count). The fraction of sp³-hybridized carbons (Fsp3) is 0.812. The van der Waals surface area contributed by atoms with Gasteiger partial charge in [-0.2, -0.15) is 0 Å². The van der Waals surface area contributed by atoms with Crippen molar-refractivity contribution in [3.05, 3.63) is 10.5 Å². The number of carbonyl (C=O) groups excluding carboxylic acids is 1. The van der Waals surface area contributed by atoms with Gasteiger partial charge in [-0.3, -0.25) is 9.36 Å². The molecule has 7 nitrogen and oxygen atoms in total. The summed E-state index contributed by atoms with van der Waals surface area (Å²) in [6.45, 7) is 3.45. The standard InChI is InChI=1S/C16H26N4O3S/c1-11-5-2-3-7-13(11)17-14(21)10-24-16-19-18-15(22)20(16)9-12-6-4-8-23-12/h11-13H,2-10H2,1H3,(H,17,21)(H,18,22)/t11-,12+,13+/m1/s1. The number of hydrogen-bond donors (Lipinski definition) is 2. The highest BCUT2D eigenvalue weighted by Crippen LogP contribution is 2.24. The lowest BCUT2D eigenvalue weighted by Gasteiger charge is -2.29. The van der Waals surface area contributed by atoms with E-state index in [4.69, 9.17) is 4.74 Å². The van der Waals surface area contributed by atoms with Gasteiger partial charge < -0.3 is 10.1 Å². The average molecular weight is 354 g/mol. The number of rotatable bonds is 6. The molecule has 2 N–H and O–H groups in total. The summed E-state index contributed by atoms with van der Waals surface area (Å²) in [4.78, 5) is 24.1. The van der Waals surface area contributed by atoms with E-state index >= 15 is 0 Å². The van der Waals surface area contributed by atoms with Crippen LogP contribution in [0, 0.1) is 5.92 Å². The summed E-state index contributed by atoms with van der Waals surface area (Å²) in [5, 5.41) is 10.2. The molecule has 2 fully saturated rings. The molecule has 0 spiro atoms. The summed E-state index contributed by atoms with van der Waals surface area (Å²) in [5.74, 6) is 0.826. The van der Waals surface area contributed by atoms with Crippen LogP contribution in [0.2, 0.25) is 0 Å². The number of thioether (sulfide) groups is 1. The number of amides is 1. The molecule has 2 heterocycles. The quantitative estimate of drug-likeness (QED) is 0.757. The summed E-state index contributed by atoms with van der Waals surface area (Å²) in [6.07, 6.45) is 6.73. The Bertz CT molecular complexity index is 609. The van der Waals surface area contributed by atoms with E-state index in [0.717, 1.165) is 25.9 Å². The second-order valence-corrected chi connectivity index (χ2v) is 7.72. The Morgan fingerprint density at radius 1 is 1.38 bits per heavy atom. The van der Waals surface area contributed by atoms with Crippen LogP contribution in [-0.2, 0) is 16.1 Å². The Balaban J connectivity index is 1.52. The van der Waals surface area contributed by atoms with E-state index in [2.05, 4.69) is 22.4 Å². The zero-order chi connectivity index (χ0) is 16.9. The SMILES string of the molecule is C[C@@H]1CCCC[C@@H]1NC(=O)CSc1n[nH]c(=O)n1C[C@@H]1CCCO1. The maximum absolute atomic E-state index is 12.2. The highest BCUT2D eigenvalue weighted by atomic mass is 32.2. The Morgan fingerprint density at radius 2 is 2.21 bits per heavy atom.